The fourth-order valence-electron chi connectivity index (χ4n) is 1.26. The third kappa shape index (κ3) is 4.48. The number of carbonyl (C=O) groups excluding carboxylic acids is 2. The molecule has 1 aromatic rings. The fraction of sp³-hybridized carbons (Fsp3) is 0.333. The fourth-order valence-corrected chi connectivity index (χ4v) is 1.58. The van der Waals surface area contributed by atoms with Crippen LogP contribution in [0.1, 0.15) is 22.8 Å². The molecule has 0 unspecified atom stereocenters. The number of hydrogen-bond acceptors (Lipinski definition) is 4. The van der Waals surface area contributed by atoms with Gasteiger partial charge in [0.1, 0.15) is 0 Å². The molecule has 0 aliphatic rings. The van der Waals surface area contributed by atoms with Crippen LogP contribution in [0.3, 0.4) is 0 Å². The summed E-state index contributed by atoms with van der Waals surface area (Å²) in [6.07, 6.45) is -0.584. The number of hydrogen-bond donors (Lipinski definition) is 1. The number of benzene rings is 1. The average molecular weight is 253 g/mol. The molecule has 0 radical (unpaired) electrons. The molecule has 0 fully saturated rings. The molecular formula is C12H15NO3S. The van der Waals surface area contributed by atoms with Crippen molar-refractivity contribution in [3.05, 3.63) is 35.4 Å². The second kappa shape index (κ2) is 6.96. The van der Waals surface area contributed by atoms with Gasteiger partial charge in [-0.3, -0.25) is 9.52 Å². The Balaban J connectivity index is 2.45. The zero-order valence-electron chi connectivity index (χ0n) is 9.86. The number of amides is 1. The molecule has 1 N–H and O–H groups in total. The topological polar surface area (TPSA) is 55.4 Å². The first-order valence-corrected chi connectivity index (χ1v) is 6.27. The zero-order chi connectivity index (χ0) is 12.7. The molecule has 1 rings (SSSR count). The minimum absolute atomic E-state index is 0.195. The largest absolute Gasteiger partial charge is 0.441 e. The van der Waals surface area contributed by atoms with Crippen molar-refractivity contribution in [2.45, 2.75) is 13.8 Å². The molecule has 1 amide bonds. The number of carbonyl (C=O) groups is 2. The Hall–Kier alpha value is -1.49. The van der Waals surface area contributed by atoms with Gasteiger partial charge in [-0.1, -0.05) is 31.2 Å². The van der Waals surface area contributed by atoms with Gasteiger partial charge in [-0.15, -0.1) is 0 Å². The summed E-state index contributed by atoms with van der Waals surface area (Å²) in [7, 11) is 0. The van der Waals surface area contributed by atoms with Crippen molar-refractivity contribution in [2.24, 2.45) is 0 Å². The predicted octanol–water partition coefficient (Wildman–Crippen LogP) is 2.57. The molecule has 92 valence electrons. The van der Waals surface area contributed by atoms with Crippen LogP contribution in [0.25, 0.3) is 0 Å². The SMILES string of the molecule is CCSNC(=O)OCC(=O)c1ccccc1C. The summed E-state index contributed by atoms with van der Waals surface area (Å²) in [6, 6.07) is 7.21. The van der Waals surface area contributed by atoms with Crippen molar-refractivity contribution < 1.29 is 14.3 Å². The summed E-state index contributed by atoms with van der Waals surface area (Å²) >= 11 is 1.23. The van der Waals surface area contributed by atoms with Crippen LogP contribution >= 0.6 is 11.9 Å². The van der Waals surface area contributed by atoms with Crippen LogP contribution in [0.2, 0.25) is 0 Å². The van der Waals surface area contributed by atoms with Gasteiger partial charge >= 0.3 is 6.09 Å². The molecule has 0 spiro atoms. The number of ketones is 1. The van der Waals surface area contributed by atoms with Gasteiger partial charge in [-0.2, -0.15) is 0 Å². The Labute approximate surface area is 105 Å². The van der Waals surface area contributed by atoms with Gasteiger partial charge in [0.2, 0.25) is 5.78 Å². The Morgan fingerprint density at radius 2 is 2.06 bits per heavy atom. The summed E-state index contributed by atoms with van der Waals surface area (Å²) in [6.45, 7) is 3.52. The molecule has 0 aliphatic carbocycles. The highest BCUT2D eigenvalue weighted by Crippen LogP contribution is 2.08. The van der Waals surface area contributed by atoms with E-state index in [1.54, 1.807) is 12.1 Å². The van der Waals surface area contributed by atoms with E-state index in [0.717, 1.165) is 11.3 Å². The minimum atomic E-state index is -0.584. The van der Waals surface area contributed by atoms with Crippen LogP contribution in [0.5, 0.6) is 0 Å². The van der Waals surface area contributed by atoms with Crippen LogP contribution in [0, 0.1) is 6.92 Å². The highest BCUT2D eigenvalue weighted by molar-refractivity contribution is 7.97. The first kappa shape index (κ1) is 13.6. The van der Waals surface area contributed by atoms with Crippen LogP contribution < -0.4 is 4.72 Å². The predicted molar refractivity (Wildman–Crippen MR) is 68.1 cm³/mol. The molecule has 0 saturated heterocycles. The number of Topliss-reactive ketones (excluding diaryl/α,β-unsaturated/α-hetero) is 1. The van der Waals surface area contributed by atoms with E-state index in [0.29, 0.717) is 5.56 Å². The molecule has 4 nitrogen and oxygen atoms in total. The zero-order valence-corrected chi connectivity index (χ0v) is 10.7. The quantitative estimate of drug-likeness (QED) is 0.647. The molecule has 5 heteroatoms. The highest BCUT2D eigenvalue weighted by atomic mass is 32.2. The lowest BCUT2D eigenvalue weighted by Gasteiger charge is -2.06. The van der Waals surface area contributed by atoms with Gasteiger partial charge in [-0.05, 0) is 24.4 Å². The summed E-state index contributed by atoms with van der Waals surface area (Å²) in [5.41, 5.74) is 1.47. The molecule has 17 heavy (non-hydrogen) atoms. The van der Waals surface area contributed by atoms with E-state index >= 15 is 0 Å². The van der Waals surface area contributed by atoms with Crippen LogP contribution in [0.4, 0.5) is 4.79 Å². The first-order valence-electron chi connectivity index (χ1n) is 5.28. The third-order valence-electron chi connectivity index (χ3n) is 2.08. The van der Waals surface area contributed by atoms with Gasteiger partial charge in [0, 0.05) is 11.3 Å². The Kier molecular flexibility index (Phi) is 5.56. The number of rotatable bonds is 5. The van der Waals surface area contributed by atoms with E-state index < -0.39 is 6.09 Å². The molecule has 0 saturated carbocycles. The molecule has 0 heterocycles. The van der Waals surface area contributed by atoms with Crippen molar-refractivity contribution in [3.63, 3.8) is 0 Å². The molecule has 0 aliphatic heterocycles. The second-order valence-corrected chi connectivity index (χ2v) is 4.42. The van der Waals surface area contributed by atoms with E-state index in [-0.39, 0.29) is 12.4 Å². The van der Waals surface area contributed by atoms with Crippen LogP contribution in [-0.2, 0) is 4.74 Å². The molecular weight excluding hydrogens is 238 g/mol. The lowest BCUT2D eigenvalue weighted by Crippen LogP contribution is -2.21. The summed E-state index contributed by atoms with van der Waals surface area (Å²) in [4.78, 5) is 22.8. The van der Waals surface area contributed by atoms with Gasteiger partial charge < -0.3 is 4.74 Å². The van der Waals surface area contributed by atoms with Crippen molar-refractivity contribution in [1.82, 2.24) is 4.72 Å². The Bertz CT molecular complexity index is 406. The number of aryl methyl sites for hydroxylation is 1. The minimum Gasteiger partial charge on any atom is -0.441 e. The lowest BCUT2D eigenvalue weighted by atomic mass is 10.1. The molecule has 1 aromatic carbocycles. The summed E-state index contributed by atoms with van der Waals surface area (Å²) in [5.74, 6) is 0.556. The molecule has 0 aromatic heterocycles. The molecule has 0 bridgehead atoms. The van der Waals surface area contributed by atoms with Gasteiger partial charge in [0.05, 0.1) is 0 Å². The summed E-state index contributed by atoms with van der Waals surface area (Å²) < 4.78 is 7.25. The molecule has 0 atom stereocenters. The lowest BCUT2D eigenvalue weighted by molar-refractivity contribution is 0.0852. The van der Waals surface area contributed by atoms with E-state index in [9.17, 15) is 9.59 Å². The van der Waals surface area contributed by atoms with Gasteiger partial charge in [0.15, 0.2) is 6.61 Å². The van der Waals surface area contributed by atoms with Gasteiger partial charge in [-0.25, -0.2) is 4.79 Å². The summed E-state index contributed by atoms with van der Waals surface area (Å²) in [5, 5.41) is 0. The third-order valence-corrected chi connectivity index (χ3v) is 2.68. The van der Waals surface area contributed by atoms with Gasteiger partial charge in [0.25, 0.3) is 0 Å². The maximum absolute atomic E-state index is 11.7. The van der Waals surface area contributed by atoms with Crippen molar-refractivity contribution in [1.29, 1.82) is 0 Å². The van der Waals surface area contributed by atoms with Crippen molar-refractivity contribution in [3.8, 4) is 0 Å². The van der Waals surface area contributed by atoms with Crippen molar-refractivity contribution >= 4 is 23.8 Å². The van der Waals surface area contributed by atoms with Crippen LogP contribution in [-0.4, -0.2) is 24.2 Å². The van der Waals surface area contributed by atoms with E-state index in [1.165, 1.54) is 11.9 Å². The average Bonchev–Trinajstić information content (AvgIpc) is 2.34. The van der Waals surface area contributed by atoms with E-state index in [4.69, 9.17) is 4.74 Å². The monoisotopic (exact) mass is 253 g/mol. The normalized spacial score (nSPS) is 9.76. The maximum atomic E-state index is 11.7. The number of ether oxygens (including phenoxy) is 1. The Morgan fingerprint density at radius 3 is 2.71 bits per heavy atom. The number of nitrogens with one attached hydrogen (secondary N) is 1. The van der Waals surface area contributed by atoms with Crippen LogP contribution in [0.15, 0.2) is 24.3 Å². The smallest absolute Gasteiger partial charge is 0.417 e. The maximum Gasteiger partial charge on any atom is 0.417 e. The van der Waals surface area contributed by atoms with Crippen molar-refractivity contribution in [2.75, 3.05) is 12.4 Å². The standard InChI is InChI=1S/C12H15NO3S/c1-3-17-13-12(15)16-8-11(14)10-7-5-4-6-9(10)2/h4-7H,3,8H2,1-2H3,(H,13,15). The van der Waals surface area contributed by atoms with E-state index in [1.807, 2.05) is 26.0 Å². The first-order chi connectivity index (χ1) is 8.15. The Morgan fingerprint density at radius 1 is 1.35 bits per heavy atom. The second-order valence-electron chi connectivity index (χ2n) is 3.35. The highest BCUT2D eigenvalue weighted by Gasteiger charge is 2.11. The van der Waals surface area contributed by atoms with E-state index in [2.05, 4.69) is 4.72 Å².